The number of hydrogen-bond acceptors (Lipinski definition) is 2. The van der Waals surface area contributed by atoms with Crippen molar-refractivity contribution in [1.29, 1.82) is 0 Å². The molecular weight excluding hydrogens is 248 g/mol. The van der Waals surface area contributed by atoms with Gasteiger partial charge in [-0.25, -0.2) is 0 Å². The lowest BCUT2D eigenvalue weighted by atomic mass is 10.1. The Bertz CT molecular complexity index is 189. The summed E-state index contributed by atoms with van der Waals surface area (Å²) < 4.78 is 29.6. The summed E-state index contributed by atoms with van der Waals surface area (Å²) in [6, 6.07) is 0. The number of amides is 1. The second-order valence-electron chi connectivity index (χ2n) is 2.94. The van der Waals surface area contributed by atoms with E-state index in [1.54, 1.807) is 0 Å². The summed E-state index contributed by atoms with van der Waals surface area (Å²) >= 11 is 1.98. The van der Waals surface area contributed by atoms with Crippen LogP contribution in [0.25, 0.3) is 0 Å². The molecular formula is C7H10BrF2NO2. The molecule has 1 rings (SSSR count). The summed E-state index contributed by atoms with van der Waals surface area (Å²) in [7, 11) is 0. The molecule has 6 heteroatoms. The standard InChI is InChI=1S/C7H10BrF2NO2/c8-7(9,10)6(12)11-3-5-1-2-13-4-5/h5H,1-4H2,(H,11,12). The zero-order valence-electron chi connectivity index (χ0n) is 6.86. The Morgan fingerprint density at radius 3 is 2.85 bits per heavy atom. The highest BCUT2D eigenvalue weighted by molar-refractivity contribution is 9.10. The summed E-state index contributed by atoms with van der Waals surface area (Å²) in [5.74, 6) is -1.13. The van der Waals surface area contributed by atoms with E-state index in [9.17, 15) is 13.6 Å². The molecule has 1 atom stereocenters. The first-order chi connectivity index (χ1) is 6.00. The molecule has 1 heterocycles. The van der Waals surface area contributed by atoms with Crippen LogP contribution in [-0.2, 0) is 9.53 Å². The van der Waals surface area contributed by atoms with Gasteiger partial charge in [0.25, 0.3) is 0 Å². The molecule has 1 aliphatic heterocycles. The van der Waals surface area contributed by atoms with Gasteiger partial charge >= 0.3 is 10.7 Å². The molecule has 0 aromatic rings. The first-order valence-electron chi connectivity index (χ1n) is 3.93. The Balaban J connectivity index is 2.22. The van der Waals surface area contributed by atoms with Crippen molar-refractivity contribution in [3.8, 4) is 0 Å². The first kappa shape index (κ1) is 10.8. The van der Waals surface area contributed by atoms with Crippen LogP contribution < -0.4 is 5.32 Å². The lowest BCUT2D eigenvalue weighted by Gasteiger charge is -2.11. The Hall–Kier alpha value is -0.230. The number of ether oxygens (including phenoxy) is 1. The van der Waals surface area contributed by atoms with E-state index in [0.717, 1.165) is 6.42 Å². The van der Waals surface area contributed by atoms with Gasteiger partial charge < -0.3 is 10.1 Å². The van der Waals surface area contributed by atoms with Gasteiger partial charge in [-0.15, -0.1) is 0 Å². The molecule has 1 unspecified atom stereocenters. The van der Waals surface area contributed by atoms with Gasteiger partial charge in [0.15, 0.2) is 0 Å². The SMILES string of the molecule is O=C(NCC1CCOC1)C(F)(F)Br. The monoisotopic (exact) mass is 257 g/mol. The predicted molar refractivity (Wildman–Crippen MR) is 45.8 cm³/mol. The molecule has 0 saturated carbocycles. The summed E-state index contributed by atoms with van der Waals surface area (Å²) in [5, 5.41) is 2.15. The van der Waals surface area contributed by atoms with Crippen molar-refractivity contribution in [2.24, 2.45) is 5.92 Å². The van der Waals surface area contributed by atoms with Crippen LogP contribution in [0.3, 0.4) is 0 Å². The van der Waals surface area contributed by atoms with Gasteiger partial charge in [-0.2, -0.15) is 8.78 Å². The van der Waals surface area contributed by atoms with Crippen molar-refractivity contribution in [3.05, 3.63) is 0 Å². The molecule has 0 radical (unpaired) electrons. The average Bonchev–Trinajstić information content (AvgIpc) is 2.50. The summed E-state index contributed by atoms with van der Waals surface area (Å²) in [5.41, 5.74) is 0. The molecule has 0 aliphatic carbocycles. The Morgan fingerprint density at radius 2 is 2.38 bits per heavy atom. The molecule has 0 bridgehead atoms. The molecule has 1 fully saturated rings. The van der Waals surface area contributed by atoms with Crippen molar-refractivity contribution >= 4 is 21.8 Å². The zero-order chi connectivity index (χ0) is 9.90. The van der Waals surface area contributed by atoms with Gasteiger partial charge in [0, 0.05) is 35.0 Å². The molecule has 0 aromatic carbocycles. The quantitative estimate of drug-likeness (QED) is 0.770. The normalized spacial score (nSPS) is 23.2. The van der Waals surface area contributed by atoms with Crippen LogP contribution in [-0.4, -0.2) is 30.5 Å². The maximum atomic E-state index is 12.3. The topological polar surface area (TPSA) is 38.3 Å². The molecule has 0 spiro atoms. The van der Waals surface area contributed by atoms with Crippen LogP contribution in [0.2, 0.25) is 0 Å². The summed E-state index contributed by atoms with van der Waals surface area (Å²) in [4.78, 5) is 7.21. The Morgan fingerprint density at radius 1 is 1.69 bits per heavy atom. The molecule has 1 aliphatic rings. The maximum absolute atomic E-state index is 12.3. The minimum Gasteiger partial charge on any atom is -0.381 e. The van der Waals surface area contributed by atoms with Crippen molar-refractivity contribution in [2.75, 3.05) is 19.8 Å². The van der Waals surface area contributed by atoms with E-state index < -0.39 is 10.7 Å². The molecule has 1 amide bonds. The van der Waals surface area contributed by atoms with E-state index in [0.29, 0.717) is 13.2 Å². The molecule has 13 heavy (non-hydrogen) atoms. The third-order valence-corrected chi connectivity index (χ3v) is 2.19. The number of alkyl halides is 3. The lowest BCUT2D eigenvalue weighted by molar-refractivity contribution is -0.134. The number of carbonyl (C=O) groups is 1. The van der Waals surface area contributed by atoms with Crippen LogP contribution in [0.1, 0.15) is 6.42 Å². The van der Waals surface area contributed by atoms with E-state index in [4.69, 9.17) is 4.74 Å². The van der Waals surface area contributed by atoms with Crippen LogP contribution in [0.4, 0.5) is 8.78 Å². The molecule has 1 N–H and O–H groups in total. The van der Waals surface area contributed by atoms with E-state index in [1.165, 1.54) is 0 Å². The third kappa shape index (κ3) is 3.56. The van der Waals surface area contributed by atoms with E-state index >= 15 is 0 Å². The fourth-order valence-electron chi connectivity index (χ4n) is 1.08. The Labute approximate surface area is 82.9 Å². The van der Waals surface area contributed by atoms with Crippen LogP contribution in [0.15, 0.2) is 0 Å². The minimum atomic E-state index is -3.47. The number of hydrogen-bond donors (Lipinski definition) is 1. The van der Waals surface area contributed by atoms with E-state index in [-0.39, 0.29) is 12.5 Å². The van der Waals surface area contributed by atoms with Gasteiger partial charge in [-0.05, 0) is 6.42 Å². The van der Waals surface area contributed by atoms with Crippen molar-refractivity contribution in [3.63, 3.8) is 0 Å². The van der Waals surface area contributed by atoms with Gasteiger partial charge in [0.05, 0.1) is 6.61 Å². The highest BCUT2D eigenvalue weighted by Crippen LogP contribution is 2.21. The predicted octanol–water partition coefficient (Wildman–Crippen LogP) is 1.13. The van der Waals surface area contributed by atoms with Gasteiger partial charge in [-0.3, -0.25) is 4.79 Å². The zero-order valence-corrected chi connectivity index (χ0v) is 8.44. The van der Waals surface area contributed by atoms with Gasteiger partial charge in [0.1, 0.15) is 0 Å². The summed E-state index contributed by atoms with van der Waals surface area (Å²) in [6.45, 7) is 1.43. The highest BCUT2D eigenvalue weighted by Gasteiger charge is 2.35. The van der Waals surface area contributed by atoms with Gasteiger partial charge in [0.2, 0.25) is 0 Å². The lowest BCUT2D eigenvalue weighted by Crippen LogP contribution is -2.38. The smallest absolute Gasteiger partial charge is 0.377 e. The fourth-order valence-corrected chi connectivity index (χ4v) is 1.22. The average molecular weight is 258 g/mol. The van der Waals surface area contributed by atoms with Crippen molar-refractivity contribution in [2.45, 2.75) is 11.3 Å². The fraction of sp³-hybridized carbons (Fsp3) is 0.857. The summed E-state index contributed by atoms with van der Waals surface area (Å²) in [6.07, 6.45) is 0.814. The molecule has 3 nitrogen and oxygen atoms in total. The van der Waals surface area contributed by atoms with Crippen LogP contribution >= 0.6 is 15.9 Å². The molecule has 76 valence electrons. The molecule has 1 saturated heterocycles. The second-order valence-corrected chi connectivity index (χ2v) is 3.93. The molecule has 0 aromatic heterocycles. The highest BCUT2D eigenvalue weighted by atomic mass is 79.9. The number of halogens is 3. The third-order valence-electron chi connectivity index (χ3n) is 1.83. The van der Waals surface area contributed by atoms with E-state index in [2.05, 4.69) is 5.32 Å². The largest absolute Gasteiger partial charge is 0.381 e. The van der Waals surface area contributed by atoms with Gasteiger partial charge in [-0.1, -0.05) is 0 Å². The Kier molecular flexibility index (Phi) is 3.61. The number of carbonyl (C=O) groups excluding carboxylic acids is 1. The van der Waals surface area contributed by atoms with E-state index in [1.807, 2.05) is 15.9 Å². The van der Waals surface area contributed by atoms with Crippen LogP contribution in [0, 0.1) is 5.92 Å². The minimum absolute atomic E-state index is 0.166. The van der Waals surface area contributed by atoms with Crippen molar-refractivity contribution in [1.82, 2.24) is 5.32 Å². The number of rotatable bonds is 3. The first-order valence-corrected chi connectivity index (χ1v) is 4.72. The second kappa shape index (κ2) is 4.32. The maximum Gasteiger partial charge on any atom is 0.377 e. The van der Waals surface area contributed by atoms with Crippen LogP contribution in [0.5, 0.6) is 0 Å². The van der Waals surface area contributed by atoms with Crippen molar-refractivity contribution < 1.29 is 18.3 Å². The number of nitrogens with one attached hydrogen (secondary N) is 1.